The summed E-state index contributed by atoms with van der Waals surface area (Å²) >= 11 is 0. The number of hydrogen-bond acceptors (Lipinski definition) is 11. The summed E-state index contributed by atoms with van der Waals surface area (Å²) in [6.07, 6.45) is 12.3. The van der Waals surface area contributed by atoms with Gasteiger partial charge in [-0.3, -0.25) is 14.9 Å². The van der Waals surface area contributed by atoms with E-state index < -0.39 is 22.7 Å². The van der Waals surface area contributed by atoms with E-state index in [9.17, 15) is 29.9 Å². The number of ether oxygens (including phenoxy) is 3. The number of non-ortho nitro benzene ring substituents is 1. The van der Waals surface area contributed by atoms with Crippen LogP contribution in [-0.2, 0) is 21.0 Å². The number of rotatable bonds is 23. The van der Waals surface area contributed by atoms with Crippen LogP contribution in [0.5, 0.6) is 11.5 Å². The summed E-state index contributed by atoms with van der Waals surface area (Å²) in [5, 5.41) is 38.9. The second-order valence-corrected chi connectivity index (χ2v) is 16.3. The van der Waals surface area contributed by atoms with Gasteiger partial charge in [-0.2, -0.15) is 0 Å². The van der Waals surface area contributed by atoms with Crippen LogP contribution in [0.4, 0.5) is 10.5 Å². The van der Waals surface area contributed by atoms with E-state index in [1.54, 1.807) is 36.2 Å². The highest BCUT2D eigenvalue weighted by Gasteiger charge is 2.65. The van der Waals surface area contributed by atoms with Crippen LogP contribution in [0.3, 0.4) is 0 Å². The second-order valence-electron chi connectivity index (χ2n) is 16.3. The fraction of sp³-hybridized carbons (Fsp3) is 0.543. The van der Waals surface area contributed by atoms with E-state index in [1.165, 1.54) is 12.1 Å². The Labute approximate surface area is 358 Å². The molecule has 4 aliphatic rings. The Balaban J connectivity index is 1.45. The first-order valence-electron chi connectivity index (χ1n) is 21.6. The molecule has 2 fully saturated rings. The SMILES string of the molecule is C=CCOc1ccc2c(c1)C1C(CCCCO)C(CCCCO)C=C3C(=NOCc4ccc([N+](=O)[O-])cc4)CC(N(C)C(=O)NCCCN4CCCC4=O)C(OCC=C)(O2)C31. The molecule has 2 heterocycles. The summed E-state index contributed by atoms with van der Waals surface area (Å²) in [6, 6.07) is 10.8. The number of oxime groups is 1. The van der Waals surface area contributed by atoms with Crippen LogP contribution in [0.15, 0.2) is 84.6 Å². The third-order valence-corrected chi connectivity index (χ3v) is 12.4. The molecule has 2 aromatic carbocycles. The third-order valence-electron chi connectivity index (χ3n) is 12.4. The number of urea groups is 1. The zero-order valence-electron chi connectivity index (χ0n) is 35.3. The summed E-state index contributed by atoms with van der Waals surface area (Å²) < 4.78 is 20.2. The molecule has 15 nitrogen and oxygen atoms in total. The van der Waals surface area contributed by atoms with Crippen molar-refractivity contribution in [1.82, 2.24) is 15.1 Å². The Kier molecular flexibility index (Phi) is 16.0. The highest BCUT2D eigenvalue weighted by Crippen LogP contribution is 2.61. The molecule has 0 aromatic heterocycles. The normalized spacial score (nSPS) is 24.5. The number of benzene rings is 2. The van der Waals surface area contributed by atoms with Gasteiger partial charge in [0.2, 0.25) is 11.7 Å². The number of allylic oxidation sites excluding steroid dienone is 1. The molecule has 2 aliphatic carbocycles. The Morgan fingerprint density at radius 1 is 1.08 bits per heavy atom. The number of likely N-dealkylation sites (tertiary alicyclic amines) is 1. The molecule has 15 heteroatoms. The van der Waals surface area contributed by atoms with E-state index in [-0.39, 0.29) is 68.2 Å². The first kappa shape index (κ1) is 45.3. The monoisotopic (exact) mass is 843 g/mol. The van der Waals surface area contributed by atoms with Gasteiger partial charge in [-0.15, -0.1) is 6.58 Å². The minimum atomic E-state index is -1.42. The maximum absolute atomic E-state index is 14.2. The van der Waals surface area contributed by atoms with Crippen molar-refractivity contribution >= 4 is 23.3 Å². The first-order valence-corrected chi connectivity index (χ1v) is 21.6. The zero-order chi connectivity index (χ0) is 43.4. The fourth-order valence-corrected chi connectivity index (χ4v) is 9.54. The number of aliphatic hydroxyl groups excluding tert-OH is 2. The third kappa shape index (κ3) is 10.4. The fourth-order valence-electron chi connectivity index (χ4n) is 9.54. The predicted molar refractivity (Wildman–Crippen MR) is 230 cm³/mol. The van der Waals surface area contributed by atoms with Gasteiger partial charge in [-0.1, -0.05) is 42.8 Å². The molecule has 6 unspecified atom stereocenters. The lowest BCUT2D eigenvalue weighted by atomic mass is 9.55. The Bertz CT molecular complexity index is 1920. The maximum atomic E-state index is 14.2. The molecule has 3 N–H and O–H groups in total. The van der Waals surface area contributed by atoms with Gasteiger partial charge in [0.25, 0.3) is 5.69 Å². The number of carbonyl (C=O) groups is 2. The number of fused-ring (bicyclic) bond motifs is 2. The summed E-state index contributed by atoms with van der Waals surface area (Å²) in [5.41, 5.74) is 3.11. The van der Waals surface area contributed by atoms with Gasteiger partial charge in [0.15, 0.2) is 0 Å². The summed E-state index contributed by atoms with van der Waals surface area (Å²) in [5.74, 6) is -0.654. The topological polar surface area (TPSA) is 186 Å². The molecule has 6 atom stereocenters. The Morgan fingerprint density at radius 2 is 1.84 bits per heavy atom. The second kappa shape index (κ2) is 21.5. The lowest BCUT2D eigenvalue weighted by molar-refractivity contribution is -0.384. The van der Waals surface area contributed by atoms with Gasteiger partial charge < -0.3 is 44.4 Å². The molecule has 330 valence electrons. The predicted octanol–water partition coefficient (Wildman–Crippen LogP) is 6.65. The standard InChI is InChI=1S/C46H61N5O10/c1-4-26-58-35-19-20-40-38(29-35)43-36(13-7-9-25-53)33(12-6-8-24-52)28-37-39(48-60-31-32-15-17-34(18-16-32)51(56)57)30-41(46(61-40,44(37)43)59-27-5-2)49(3)45(55)47-21-11-23-50-22-10-14-42(50)54/h4-5,15-20,28-29,33,36,41,43-44,52-53H,1-2,6-14,21-27,30-31H2,3H3,(H,47,55). The van der Waals surface area contributed by atoms with E-state index in [2.05, 4.69) is 24.6 Å². The minimum absolute atomic E-state index is 0.0262. The van der Waals surface area contributed by atoms with Gasteiger partial charge in [0.1, 0.15) is 30.8 Å². The average Bonchev–Trinajstić information content (AvgIpc) is 3.68. The van der Waals surface area contributed by atoms with Crippen molar-refractivity contribution in [1.29, 1.82) is 0 Å². The van der Waals surface area contributed by atoms with Gasteiger partial charge >= 0.3 is 6.03 Å². The van der Waals surface area contributed by atoms with Crippen LogP contribution in [0.2, 0.25) is 0 Å². The van der Waals surface area contributed by atoms with Crippen molar-refractivity contribution < 1.29 is 43.8 Å². The number of nitrogens with one attached hydrogen (secondary N) is 1. The lowest BCUT2D eigenvalue weighted by Gasteiger charge is -2.59. The van der Waals surface area contributed by atoms with Crippen LogP contribution in [-0.4, -0.2) is 108 Å². The average molecular weight is 844 g/mol. The van der Waals surface area contributed by atoms with Crippen LogP contribution in [0.25, 0.3) is 0 Å². The number of unbranched alkanes of at least 4 members (excludes halogenated alkanes) is 2. The van der Waals surface area contributed by atoms with Gasteiger partial charge in [-0.25, -0.2) is 4.79 Å². The van der Waals surface area contributed by atoms with E-state index >= 15 is 0 Å². The molecule has 3 amide bonds. The van der Waals surface area contributed by atoms with Crippen molar-refractivity contribution in [2.45, 2.75) is 88.6 Å². The number of nitro benzene ring substituents is 1. The van der Waals surface area contributed by atoms with Crippen LogP contribution in [0.1, 0.15) is 81.3 Å². The molecule has 0 bridgehead atoms. The number of aliphatic hydroxyl groups is 2. The van der Waals surface area contributed by atoms with E-state index in [0.717, 1.165) is 49.8 Å². The molecule has 1 saturated carbocycles. The number of amides is 3. The van der Waals surface area contributed by atoms with Crippen molar-refractivity contribution in [3.05, 3.63) is 101 Å². The summed E-state index contributed by atoms with van der Waals surface area (Å²) in [6.45, 7) is 10.1. The summed E-state index contributed by atoms with van der Waals surface area (Å²) in [4.78, 5) is 46.9. The number of carbonyl (C=O) groups excluding carboxylic acids is 2. The van der Waals surface area contributed by atoms with Crippen molar-refractivity contribution in [3.63, 3.8) is 0 Å². The molecule has 6 rings (SSSR count). The first-order chi connectivity index (χ1) is 29.6. The van der Waals surface area contributed by atoms with Crippen LogP contribution < -0.4 is 14.8 Å². The van der Waals surface area contributed by atoms with Gasteiger partial charge in [-0.05, 0) is 91.8 Å². The van der Waals surface area contributed by atoms with Crippen LogP contribution in [0, 0.1) is 27.9 Å². The molecule has 1 saturated heterocycles. The highest BCUT2D eigenvalue weighted by molar-refractivity contribution is 6.03. The number of nitrogens with zero attached hydrogens (tertiary/aromatic N) is 4. The largest absolute Gasteiger partial charge is 0.490 e. The number of likely N-dealkylation sites (N-methyl/N-ethyl adjacent to an activating group) is 1. The Hall–Kier alpha value is -5.25. The van der Waals surface area contributed by atoms with E-state index in [1.807, 2.05) is 23.1 Å². The molecule has 61 heavy (non-hydrogen) atoms. The molecule has 0 spiro atoms. The van der Waals surface area contributed by atoms with Crippen molar-refractivity contribution in [2.24, 2.45) is 22.9 Å². The van der Waals surface area contributed by atoms with Crippen molar-refractivity contribution in [2.75, 3.05) is 53.1 Å². The van der Waals surface area contributed by atoms with E-state index in [0.29, 0.717) is 68.2 Å². The van der Waals surface area contributed by atoms with Crippen LogP contribution >= 0.6 is 0 Å². The van der Waals surface area contributed by atoms with Crippen molar-refractivity contribution in [3.8, 4) is 11.5 Å². The lowest BCUT2D eigenvalue weighted by Crippen LogP contribution is -2.70. The number of hydrogen-bond donors (Lipinski definition) is 3. The summed E-state index contributed by atoms with van der Waals surface area (Å²) in [7, 11) is 1.73. The maximum Gasteiger partial charge on any atom is 0.317 e. The molecular formula is C46H61N5O10. The molecule has 2 aliphatic heterocycles. The van der Waals surface area contributed by atoms with Gasteiger partial charge in [0, 0.05) is 76.4 Å². The quantitative estimate of drug-likeness (QED) is 0.0474. The highest BCUT2D eigenvalue weighted by atomic mass is 16.7. The van der Waals surface area contributed by atoms with Gasteiger partial charge in [0.05, 0.1) is 23.2 Å². The molecule has 0 radical (unpaired) electrons. The van der Waals surface area contributed by atoms with E-state index in [4.69, 9.17) is 24.2 Å². The number of nitro groups is 1. The molecule has 2 aromatic rings. The Morgan fingerprint density at radius 3 is 2.52 bits per heavy atom. The minimum Gasteiger partial charge on any atom is -0.490 e. The smallest absolute Gasteiger partial charge is 0.317 e. The zero-order valence-corrected chi connectivity index (χ0v) is 35.3. The molecular weight excluding hydrogens is 783 g/mol.